The maximum Gasteiger partial charge on any atom is 0.433 e. The average molecular weight is 378 g/mol. The van der Waals surface area contributed by atoms with Gasteiger partial charge in [0.2, 0.25) is 0 Å². The van der Waals surface area contributed by atoms with Crippen LogP contribution in [0.25, 0.3) is 10.9 Å². The van der Waals surface area contributed by atoms with Gasteiger partial charge in [0.05, 0.1) is 11.7 Å². The minimum Gasteiger partial charge on any atom is -0.420 e. The highest BCUT2D eigenvalue weighted by Crippen LogP contribution is 2.39. The van der Waals surface area contributed by atoms with Gasteiger partial charge in [0.25, 0.3) is 0 Å². The number of ether oxygens (including phenoxy) is 1. The summed E-state index contributed by atoms with van der Waals surface area (Å²) in [4.78, 5) is 15.5. The van der Waals surface area contributed by atoms with Crippen LogP contribution in [0.2, 0.25) is 0 Å². The number of rotatable bonds is 4. The first-order valence-electron chi connectivity index (χ1n) is 7.98. The monoisotopic (exact) mass is 378 g/mol. The molecule has 0 atom stereocenters. The second-order valence-electron chi connectivity index (χ2n) is 6.26. The number of aromatic amines is 1. The number of pyridine rings is 1. The molecule has 3 aromatic rings. The van der Waals surface area contributed by atoms with Gasteiger partial charge in [-0.25, -0.2) is 9.78 Å². The Labute approximate surface area is 150 Å². The Kier molecular flexibility index (Phi) is 3.81. The molecule has 1 aliphatic rings. The lowest BCUT2D eigenvalue weighted by molar-refractivity contribution is -0.146. The summed E-state index contributed by atoms with van der Waals surface area (Å²) in [7, 11) is 0. The van der Waals surface area contributed by atoms with Gasteiger partial charge >= 0.3 is 12.1 Å². The summed E-state index contributed by atoms with van der Waals surface area (Å²) in [5, 5.41) is 19.9. The molecule has 10 heteroatoms. The third-order valence-electron chi connectivity index (χ3n) is 4.16. The van der Waals surface area contributed by atoms with E-state index in [1.807, 2.05) is 0 Å². The van der Waals surface area contributed by atoms with Gasteiger partial charge in [-0.05, 0) is 43.2 Å². The molecule has 4 rings (SSSR count). The van der Waals surface area contributed by atoms with Crippen molar-refractivity contribution < 1.29 is 27.8 Å². The van der Waals surface area contributed by atoms with Crippen LogP contribution in [0.1, 0.15) is 18.5 Å². The standard InChI is InChI=1S/C17H13F3N4O3/c18-17(19,20)13-4-3-12(27-15(25)16(26)5-6-16)14(23-13)22-10-1-2-11-9(7-10)8-21-24-11/h1-4,7-8,26H,5-6H2,(H,21,24)(H,22,23). The lowest BCUT2D eigenvalue weighted by Crippen LogP contribution is -2.27. The topological polar surface area (TPSA) is 100 Å². The van der Waals surface area contributed by atoms with Gasteiger partial charge in [-0.2, -0.15) is 18.3 Å². The molecule has 7 nitrogen and oxygen atoms in total. The van der Waals surface area contributed by atoms with Gasteiger partial charge in [0, 0.05) is 11.1 Å². The number of hydrogen-bond acceptors (Lipinski definition) is 6. The predicted octanol–water partition coefficient (Wildman–Crippen LogP) is 3.15. The second kappa shape index (κ2) is 5.95. The van der Waals surface area contributed by atoms with Gasteiger partial charge in [-0.1, -0.05) is 0 Å². The number of aromatic nitrogens is 3. The van der Waals surface area contributed by atoms with Crippen molar-refractivity contribution in [1.82, 2.24) is 15.2 Å². The minimum atomic E-state index is -4.66. The lowest BCUT2D eigenvalue weighted by atomic mass is 10.2. The van der Waals surface area contributed by atoms with Crippen molar-refractivity contribution in [1.29, 1.82) is 0 Å². The quantitative estimate of drug-likeness (QED) is 0.603. The van der Waals surface area contributed by atoms with E-state index in [1.165, 1.54) is 0 Å². The molecule has 1 aromatic carbocycles. The van der Waals surface area contributed by atoms with Crippen LogP contribution >= 0.6 is 0 Å². The molecule has 0 amide bonds. The van der Waals surface area contributed by atoms with Crippen LogP contribution < -0.4 is 10.1 Å². The maximum atomic E-state index is 13.0. The molecule has 1 fully saturated rings. The summed E-state index contributed by atoms with van der Waals surface area (Å²) in [5.74, 6) is -1.41. The van der Waals surface area contributed by atoms with Crippen molar-refractivity contribution in [2.24, 2.45) is 0 Å². The molecule has 0 saturated heterocycles. The molecule has 27 heavy (non-hydrogen) atoms. The van der Waals surface area contributed by atoms with Crippen LogP contribution in [0, 0.1) is 0 Å². The fourth-order valence-corrected chi connectivity index (χ4v) is 2.45. The molecule has 2 aromatic heterocycles. The molecule has 0 aliphatic heterocycles. The fraction of sp³-hybridized carbons (Fsp3) is 0.235. The van der Waals surface area contributed by atoms with Crippen LogP contribution in [0.3, 0.4) is 0 Å². The van der Waals surface area contributed by atoms with Crippen LogP contribution in [0.4, 0.5) is 24.7 Å². The number of esters is 1. The molecule has 3 N–H and O–H groups in total. The van der Waals surface area contributed by atoms with E-state index >= 15 is 0 Å². The summed E-state index contributed by atoms with van der Waals surface area (Å²) in [6.45, 7) is 0. The SMILES string of the molecule is O=C(Oc1ccc(C(F)(F)F)nc1Nc1ccc2[nH]ncc2c1)C1(O)CC1. The summed E-state index contributed by atoms with van der Waals surface area (Å²) in [6, 6.07) is 6.67. The van der Waals surface area contributed by atoms with Crippen LogP contribution in [0.5, 0.6) is 5.75 Å². The smallest absolute Gasteiger partial charge is 0.420 e. The average Bonchev–Trinajstić information content (AvgIpc) is 3.19. The number of carbonyl (C=O) groups excluding carboxylic acids is 1. The largest absolute Gasteiger partial charge is 0.433 e. The normalized spacial score (nSPS) is 15.6. The number of hydrogen-bond donors (Lipinski definition) is 3. The highest BCUT2D eigenvalue weighted by atomic mass is 19.4. The first kappa shape index (κ1) is 17.3. The van der Waals surface area contributed by atoms with Crippen molar-refractivity contribution in [3.05, 3.63) is 42.2 Å². The number of aliphatic hydroxyl groups is 1. The fourth-order valence-electron chi connectivity index (χ4n) is 2.45. The van der Waals surface area contributed by atoms with Crippen molar-refractivity contribution >= 4 is 28.4 Å². The summed E-state index contributed by atoms with van der Waals surface area (Å²) in [6.07, 6.45) is -2.61. The molecule has 0 radical (unpaired) electrons. The van der Waals surface area contributed by atoms with E-state index in [0.717, 1.165) is 17.0 Å². The van der Waals surface area contributed by atoms with E-state index in [1.54, 1.807) is 24.4 Å². The highest BCUT2D eigenvalue weighted by molar-refractivity contribution is 5.86. The Bertz CT molecular complexity index is 1030. The number of halogens is 3. The lowest BCUT2D eigenvalue weighted by Gasteiger charge is -2.15. The zero-order valence-corrected chi connectivity index (χ0v) is 13.7. The van der Waals surface area contributed by atoms with E-state index in [2.05, 4.69) is 20.5 Å². The number of nitrogens with zero attached hydrogens (tertiary/aromatic N) is 2. The predicted molar refractivity (Wildman–Crippen MR) is 88.4 cm³/mol. The first-order chi connectivity index (χ1) is 12.7. The Morgan fingerprint density at radius 2 is 2.04 bits per heavy atom. The Balaban J connectivity index is 1.69. The Morgan fingerprint density at radius 3 is 2.74 bits per heavy atom. The van der Waals surface area contributed by atoms with Crippen LogP contribution in [-0.2, 0) is 11.0 Å². The highest BCUT2D eigenvalue weighted by Gasteiger charge is 2.50. The summed E-state index contributed by atoms with van der Waals surface area (Å²) in [5.41, 5.74) is -1.53. The molecule has 1 saturated carbocycles. The molecular formula is C17H13F3N4O3. The molecule has 140 valence electrons. The number of H-pyrrole nitrogens is 1. The van der Waals surface area contributed by atoms with Crippen LogP contribution in [0.15, 0.2) is 36.5 Å². The summed E-state index contributed by atoms with van der Waals surface area (Å²) >= 11 is 0. The third-order valence-corrected chi connectivity index (χ3v) is 4.16. The van der Waals surface area contributed by atoms with Crippen molar-refractivity contribution in [2.45, 2.75) is 24.6 Å². The summed E-state index contributed by atoms with van der Waals surface area (Å²) < 4.78 is 44.1. The number of anilines is 2. The molecule has 2 heterocycles. The first-order valence-corrected chi connectivity index (χ1v) is 7.98. The third kappa shape index (κ3) is 3.43. The minimum absolute atomic E-state index is 0.208. The number of alkyl halides is 3. The molecule has 0 unspecified atom stereocenters. The van der Waals surface area contributed by atoms with E-state index < -0.39 is 23.4 Å². The van der Waals surface area contributed by atoms with Gasteiger partial charge in [-0.15, -0.1) is 0 Å². The van der Waals surface area contributed by atoms with Gasteiger partial charge in [0.15, 0.2) is 17.2 Å². The number of carbonyl (C=O) groups is 1. The maximum absolute atomic E-state index is 13.0. The van der Waals surface area contributed by atoms with E-state index in [-0.39, 0.29) is 24.4 Å². The second-order valence-corrected chi connectivity index (χ2v) is 6.26. The number of benzene rings is 1. The van der Waals surface area contributed by atoms with E-state index in [9.17, 15) is 23.1 Å². The molecule has 0 bridgehead atoms. The van der Waals surface area contributed by atoms with Crippen molar-refractivity contribution in [2.75, 3.05) is 5.32 Å². The zero-order chi connectivity index (χ0) is 19.2. The van der Waals surface area contributed by atoms with E-state index in [0.29, 0.717) is 11.8 Å². The molecule has 1 aliphatic carbocycles. The zero-order valence-electron chi connectivity index (χ0n) is 13.7. The van der Waals surface area contributed by atoms with Gasteiger partial charge < -0.3 is 15.2 Å². The van der Waals surface area contributed by atoms with Crippen molar-refractivity contribution in [3.63, 3.8) is 0 Å². The number of fused-ring (bicyclic) bond motifs is 1. The van der Waals surface area contributed by atoms with Crippen molar-refractivity contribution in [3.8, 4) is 5.75 Å². The molecular weight excluding hydrogens is 365 g/mol. The Morgan fingerprint density at radius 1 is 1.26 bits per heavy atom. The van der Waals surface area contributed by atoms with E-state index in [4.69, 9.17) is 4.74 Å². The van der Waals surface area contributed by atoms with Crippen LogP contribution in [-0.4, -0.2) is 31.9 Å². The Hall–Kier alpha value is -3.14. The van der Waals surface area contributed by atoms with Gasteiger partial charge in [-0.3, -0.25) is 5.10 Å². The van der Waals surface area contributed by atoms with Gasteiger partial charge in [0.1, 0.15) is 5.69 Å². The molecule has 0 spiro atoms. The number of nitrogens with one attached hydrogen (secondary N) is 2.